The van der Waals surface area contributed by atoms with Gasteiger partial charge in [0.2, 0.25) is 5.69 Å². The summed E-state index contributed by atoms with van der Waals surface area (Å²) in [5, 5.41) is 0. The molecule has 0 aliphatic heterocycles. The molecule has 0 N–H and O–H groups in total. The number of hydrogen-bond donors (Lipinski definition) is 0. The van der Waals surface area contributed by atoms with Crippen molar-refractivity contribution in [2.24, 2.45) is 7.05 Å². The van der Waals surface area contributed by atoms with E-state index in [9.17, 15) is 0 Å². The average molecular weight is 377 g/mol. The predicted molar refractivity (Wildman–Crippen MR) is 121 cm³/mol. The van der Waals surface area contributed by atoms with E-state index in [1.54, 1.807) is 0 Å². The van der Waals surface area contributed by atoms with E-state index in [-0.39, 0.29) is 0 Å². The Morgan fingerprint density at radius 3 is 2.21 bits per heavy atom. The lowest BCUT2D eigenvalue weighted by Gasteiger charge is -2.13. The van der Waals surface area contributed by atoms with Crippen LogP contribution in [0.25, 0.3) is 33.5 Å². The van der Waals surface area contributed by atoms with Crippen LogP contribution in [0.3, 0.4) is 0 Å². The number of hydrogen-bond acceptors (Lipinski definition) is 0. The fraction of sp³-hybridized carbons (Fsp3) is 0.179. The number of pyridine rings is 1. The minimum Gasteiger partial charge on any atom is -0.201 e. The zero-order chi connectivity index (χ0) is 20.1. The molecule has 1 heterocycles. The molecule has 142 valence electrons. The van der Waals surface area contributed by atoms with E-state index in [0.717, 1.165) is 6.42 Å². The van der Waals surface area contributed by atoms with Crippen LogP contribution in [0.2, 0.25) is 0 Å². The van der Waals surface area contributed by atoms with E-state index in [0.29, 0.717) is 0 Å². The first-order valence-corrected chi connectivity index (χ1v) is 10.3. The monoisotopic (exact) mass is 376 g/mol. The van der Waals surface area contributed by atoms with Crippen LogP contribution in [-0.4, -0.2) is 0 Å². The van der Waals surface area contributed by atoms with Crippen LogP contribution in [0.1, 0.15) is 27.8 Å². The fourth-order valence-corrected chi connectivity index (χ4v) is 4.88. The zero-order valence-electron chi connectivity index (χ0n) is 17.6. The van der Waals surface area contributed by atoms with Gasteiger partial charge in [0.1, 0.15) is 7.05 Å². The number of aryl methyl sites for hydroxylation is 4. The second-order valence-corrected chi connectivity index (χ2v) is 8.29. The van der Waals surface area contributed by atoms with Crippen LogP contribution in [-0.2, 0) is 13.5 Å². The molecule has 5 rings (SSSR count). The molecule has 0 fully saturated rings. The lowest BCUT2D eigenvalue weighted by atomic mass is 9.92. The topological polar surface area (TPSA) is 3.88 Å². The van der Waals surface area contributed by atoms with Gasteiger partial charge >= 0.3 is 0 Å². The van der Waals surface area contributed by atoms with Gasteiger partial charge in [0.05, 0.1) is 5.56 Å². The van der Waals surface area contributed by atoms with Crippen LogP contribution >= 0.6 is 0 Å². The molecule has 0 spiro atoms. The standard InChI is InChI=1S/C28H26N/c1-18-9-8-12-22-23-14-13-19(2)28(26(23)15-25(18)22)27-16-24(20(3)17-29(27)4)21-10-6-5-7-11-21/h5-14,16-17H,15H2,1-4H3/q+1. The number of nitrogens with zero attached hydrogens (tertiary/aromatic N) is 1. The number of fused-ring (bicyclic) bond motifs is 3. The molecule has 1 aromatic heterocycles. The normalized spacial score (nSPS) is 12.0. The van der Waals surface area contributed by atoms with Gasteiger partial charge in [0, 0.05) is 11.6 Å². The Balaban J connectivity index is 1.76. The minimum absolute atomic E-state index is 1.02. The summed E-state index contributed by atoms with van der Waals surface area (Å²) in [7, 11) is 2.17. The Labute approximate surface area is 173 Å². The summed E-state index contributed by atoms with van der Waals surface area (Å²) in [5.74, 6) is 0. The van der Waals surface area contributed by atoms with Crippen LogP contribution in [0.5, 0.6) is 0 Å². The first kappa shape index (κ1) is 17.9. The quantitative estimate of drug-likeness (QED) is 0.316. The highest BCUT2D eigenvalue weighted by Crippen LogP contribution is 2.44. The number of benzene rings is 3. The molecule has 1 aliphatic carbocycles. The highest BCUT2D eigenvalue weighted by molar-refractivity contribution is 5.86. The Bertz CT molecular complexity index is 1250. The van der Waals surface area contributed by atoms with E-state index in [4.69, 9.17) is 0 Å². The molecule has 0 radical (unpaired) electrons. The van der Waals surface area contributed by atoms with E-state index < -0.39 is 0 Å². The molecular weight excluding hydrogens is 350 g/mol. The van der Waals surface area contributed by atoms with Crippen LogP contribution in [0, 0.1) is 20.8 Å². The molecule has 0 unspecified atom stereocenters. The Morgan fingerprint density at radius 1 is 0.655 bits per heavy atom. The zero-order valence-corrected chi connectivity index (χ0v) is 17.6. The van der Waals surface area contributed by atoms with Crippen molar-refractivity contribution in [3.63, 3.8) is 0 Å². The molecule has 1 nitrogen and oxygen atoms in total. The maximum absolute atomic E-state index is 2.38. The minimum atomic E-state index is 1.02. The molecule has 0 amide bonds. The van der Waals surface area contributed by atoms with E-state index >= 15 is 0 Å². The summed E-state index contributed by atoms with van der Waals surface area (Å²) >= 11 is 0. The van der Waals surface area contributed by atoms with Crippen molar-refractivity contribution in [2.45, 2.75) is 27.2 Å². The molecule has 0 saturated heterocycles. The maximum atomic E-state index is 2.38. The number of aromatic nitrogens is 1. The Hall–Kier alpha value is -3.19. The molecule has 4 aromatic rings. The number of rotatable bonds is 2. The second kappa shape index (κ2) is 6.70. The average Bonchev–Trinajstić information content (AvgIpc) is 3.09. The van der Waals surface area contributed by atoms with Gasteiger partial charge < -0.3 is 0 Å². The van der Waals surface area contributed by atoms with Gasteiger partial charge in [-0.25, -0.2) is 4.57 Å². The second-order valence-electron chi connectivity index (χ2n) is 8.29. The van der Waals surface area contributed by atoms with Gasteiger partial charge in [-0.1, -0.05) is 60.7 Å². The molecule has 1 aliphatic rings. The lowest BCUT2D eigenvalue weighted by molar-refractivity contribution is -0.660. The van der Waals surface area contributed by atoms with Crippen LogP contribution in [0.4, 0.5) is 0 Å². The maximum Gasteiger partial charge on any atom is 0.213 e. The fourth-order valence-electron chi connectivity index (χ4n) is 4.88. The SMILES string of the molecule is Cc1c[n+](C)c(-c2c(C)ccc3c2Cc2c(C)cccc2-3)cc1-c1ccccc1. The first-order valence-electron chi connectivity index (χ1n) is 10.3. The van der Waals surface area contributed by atoms with Crippen LogP contribution < -0.4 is 4.57 Å². The van der Waals surface area contributed by atoms with E-state index in [1.807, 2.05) is 0 Å². The lowest BCUT2D eigenvalue weighted by Crippen LogP contribution is -2.32. The van der Waals surface area contributed by atoms with Gasteiger partial charge in [-0.3, -0.25) is 0 Å². The van der Waals surface area contributed by atoms with Crippen molar-refractivity contribution in [3.8, 4) is 33.5 Å². The van der Waals surface area contributed by atoms with Gasteiger partial charge in [-0.05, 0) is 71.7 Å². The summed E-state index contributed by atoms with van der Waals surface area (Å²) in [6.07, 6.45) is 3.28. The van der Waals surface area contributed by atoms with Crippen molar-refractivity contribution in [3.05, 3.63) is 101 Å². The van der Waals surface area contributed by atoms with Gasteiger partial charge in [-0.15, -0.1) is 0 Å². The van der Waals surface area contributed by atoms with Crippen molar-refractivity contribution >= 4 is 0 Å². The smallest absolute Gasteiger partial charge is 0.201 e. The summed E-state index contributed by atoms with van der Waals surface area (Å²) < 4.78 is 2.29. The molecule has 0 bridgehead atoms. The van der Waals surface area contributed by atoms with Gasteiger partial charge in [0.15, 0.2) is 6.20 Å². The predicted octanol–water partition coefficient (Wildman–Crippen LogP) is 6.34. The first-order chi connectivity index (χ1) is 14.0. The Kier molecular flexibility index (Phi) is 4.13. The third kappa shape index (κ3) is 2.81. The largest absolute Gasteiger partial charge is 0.213 e. The summed E-state index contributed by atoms with van der Waals surface area (Å²) in [6, 6.07) is 24.4. The highest BCUT2D eigenvalue weighted by Gasteiger charge is 2.27. The Morgan fingerprint density at radius 2 is 1.41 bits per heavy atom. The highest BCUT2D eigenvalue weighted by atomic mass is 14.9. The van der Waals surface area contributed by atoms with E-state index in [1.165, 1.54) is 61.3 Å². The third-order valence-electron chi connectivity index (χ3n) is 6.39. The third-order valence-corrected chi connectivity index (χ3v) is 6.39. The van der Waals surface area contributed by atoms with Crippen LogP contribution in [0.15, 0.2) is 72.9 Å². The summed E-state index contributed by atoms with van der Waals surface area (Å²) in [5.41, 5.74) is 15.0. The van der Waals surface area contributed by atoms with Crippen molar-refractivity contribution in [1.29, 1.82) is 0 Å². The van der Waals surface area contributed by atoms with E-state index in [2.05, 4.69) is 105 Å². The van der Waals surface area contributed by atoms with Crippen molar-refractivity contribution in [1.82, 2.24) is 0 Å². The van der Waals surface area contributed by atoms with Gasteiger partial charge in [0.25, 0.3) is 0 Å². The molecular formula is C28H26N+. The molecule has 1 heteroatoms. The van der Waals surface area contributed by atoms with Crippen molar-refractivity contribution < 1.29 is 4.57 Å². The van der Waals surface area contributed by atoms with Crippen molar-refractivity contribution in [2.75, 3.05) is 0 Å². The molecule has 0 saturated carbocycles. The molecule has 29 heavy (non-hydrogen) atoms. The summed E-state index contributed by atoms with van der Waals surface area (Å²) in [4.78, 5) is 0. The molecule has 3 aromatic carbocycles. The molecule has 0 atom stereocenters. The summed E-state index contributed by atoms with van der Waals surface area (Å²) in [6.45, 7) is 6.68. The van der Waals surface area contributed by atoms with Gasteiger partial charge in [-0.2, -0.15) is 0 Å².